The van der Waals surface area contributed by atoms with Crippen LogP contribution in [0.25, 0.3) is 5.65 Å². The molecule has 1 aliphatic rings. The van der Waals surface area contributed by atoms with Gasteiger partial charge in [0.15, 0.2) is 5.65 Å². The number of aromatic nitrogens is 3. The van der Waals surface area contributed by atoms with E-state index in [0.717, 1.165) is 30.7 Å². The summed E-state index contributed by atoms with van der Waals surface area (Å²) in [4.78, 5) is 41.1. The maximum absolute atomic E-state index is 13.6. The number of carbonyl (C=O) groups excluding carboxylic acids is 3. The number of amides is 2. The van der Waals surface area contributed by atoms with Crippen molar-refractivity contribution < 1.29 is 32.3 Å². The molecule has 0 unspecified atom stereocenters. The Balaban J connectivity index is 1.79. The number of fused-ring (bicyclic) bond motifs is 1. The summed E-state index contributed by atoms with van der Waals surface area (Å²) in [6.45, 7) is 1.47. The molecule has 9 nitrogen and oxygen atoms in total. The summed E-state index contributed by atoms with van der Waals surface area (Å²) < 4.78 is 46.0. The molecule has 0 bridgehead atoms. The van der Waals surface area contributed by atoms with Gasteiger partial charge in [-0.15, -0.1) is 11.3 Å². The second-order valence-electron chi connectivity index (χ2n) is 7.20. The van der Waals surface area contributed by atoms with Crippen molar-refractivity contribution in [2.24, 2.45) is 5.73 Å². The summed E-state index contributed by atoms with van der Waals surface area (Å²) in [6, 6.07) is 0.941. The highest BCUT2D eigenvalue weighted by atomic mass is 32.1. The first-order chi connectivity index (χ1) is 15.0. The van der Waals surface area contributed by atoms with Crippen LogP contribution in [0.1, 0.15) is 66.1 Å². The molecule has 3 heterocycles. The van der Waals surface area contributed by atoms with Crippen LogP contribution in [0, 0.1) is 6.92 Å². The first kappa shape index (κ1) is 21.7. The van der Waals surface area contributed by atoms with Gasteiger partial charge in [-0.3, -0.25) is 9.59 Å². The van der Waals surface area contributed by atoms with Crippen molar-refractivity contribution in [3.8, 4) is 0 Å². The van der Waals surface area contributed by atoms with Crippen molar-refractivity contribution in [3.05, 3.63) is 45.2 Å². The fraction of sp³-hybridized carbons (Fsp3) is 0.316. The number of alkyl halides is 3. The highest BCUT2D eigenvalue weighted by Gasteiger charge is 2.38. The standard InChI is InChI=1S/C19H16F3N5O4S/c1-7-12(18(30)31-2)17(32-13(7)14(23)28)26-16(29)9-6-24-27-11(19(20,21)22)5-10(8-3-4-8)25-15(9)27/h5-6,8H,3-4H2,1-2H3,(H2,23,28)(H,26,29). The molecule has 0 saturated heterocycles. The minimum atomic E-state index is -4.70. The Hall–Kier alpha value is -3.48. The van der Waals surface area contributed by atoms with Crippen LogP contribution in [0.3, 0.4) is 0 Å². The molecular formula is C19H16F3N5O4S. The Bertz CT molecular complexity index is 1280. The average molecular weight is 467 g/mol. The van der Waals surface area contributed by atoms with Crippen molar-refractivity contribution >= 4 is 39.8 Å². The van der Waals surface area contributed by atoms with Crippen molar-refractivity contribution in [3.63, 3.8) is 0 Å². The third kappa shape index (κ3) is 3.68. The number of ether oxygens (including phenoxy) is 1. The normalized spacial score (nSPS) is 13.9. The second-order valence-corrected chi connectivity index (χ2v) is 8.22. The van der Waals surface area contributed by atoms with Crippen molar-refractivity contribution in [2.75, 3.05) is 12.4 Å². The van der Waals surface area contributed by atoms with Gasteiger partial charge in [-0.25, -0.2) is 14.3 Å². The van der Waals surface area contributed by atoms with Crippen LogP contribution in [0.5, 0.6) is 0 Å². The molecule has 1 aliphatic carbocycles. The Kier molecular flexibility index (Phi) is 5.15. The Morgan fingerprint density at radius 2 is 2.00 bits per heavy atom. The van der Waals surface area contributed by atoms with E-state index < -0.39 is 29.7 Å². The van der Waals surface area contributed by atoms with Crippen LogP contribution in [-0.4, -0.2) is 39.5 Å². The van der Waals surface area contributed by atoms with Crippen LogP contribution in [-0.2, 0) is 10.9 Å². The molecule has 0 aliphatic heterocycles. The summed E-state index contributed by atoms with van der Waals surface area (Å²) in [5.41, 5.74) is 4.18. The van der Waals surface area contributed by atoms with Gasteiger partial charge in [0.2, 0.25) is 0 Å². The van der Waals surface area contributed by atoms with Gasteiger partial charge in [0.05, 0.1) is 23.7 Å². The summed E-state index contributed by atoms with van der Waals surface area (Å²) in [5, 5.41) is 6.13. The lowest BCUT2D eigenvalue weighted by Gasteiger charge is -2.11. The molecule has 3 aromatic rings. The molecule has 0 spiro atoms. The van der Waals surface area contributed by atoms with Gasteiger partial charge in [-0.2, -0.15) is 18.3 Å². The number of nitrogens with one attached hydrogen (secondary N) is 1. The van der Waals surface area contributed by atoms with E-state index in [1.54, 1.807) is 0 Å². The SMILES string of the molecule is COC(=O)c1c(NC(=O)c2cnn3c(C(F)(F)F)cc(C4CC4)nc23)sc(C(N)=O)c1C. The number of primary amides is 1. The first-order valence-corrected chi connectivity index (χ1v) is 10.1. The average Bonchev–Trinajstić information content (AvgIpc) is 3.40. The maximum Gasteiger partial charge on any atom is 0.433 e. The number of esters is 1. The number of hydrogen-bond donors (Lipinski definition) is 2. The molecule has 0 atom stereocenters. The molecule has 0 radical (unpaired) electrons. The van der Waals surface area contributed by atoms with E-state index in [1.807, 2.05) is 0 Å². The minimum Gasteiger partial charge on any atom is -0.465 e. The predicted molar refractivity (Wildman–Crippen MR) is 107 cm³/mol. The largest absolute Gasteiger partial charge is 0.465 e. The fourth-order valence-electron chi connectivity index (χ4n) is 3.29. The number of nitrogens with two attached hydrogens (primary N) is 1. The van der Waals surface area contributed by atoms with Gasteiger partial charge in [0, 0.05) is 11.6 Å². The number of nitrogens with zero attached hydrogens (tertiary/aromatic N) is 3. The maximum atomic E-state index is 13.6. The van der Waals surface area contributed by atoms with Crippen LogP contribution >= 0.6 is 11.3 Å². The van der Waals surface area contributed by atoms with Crippen LogP contribution in [0.4, 0.5) is 18.2 Å². The molecule has 1 fully saturated rings. The van der Waals surface area contributed by atoms with Crippen molar-refractivity contribution in [1.29, 1.82) is 0 Å². The van der Waals surface area contributed by atoms with Gasteiger partial charge >= 0.3 is 12.1 Å². The third-order valence-corrected chi connectivity index (χ3v) is 6.23. The summed E-state index contributed by atoms with van der Waals surface area (Å²) >= 11 is 0.759. The molecule has 32 heavy (non-hydrogen) atoms. The lowest BCUT2D eigenvalue weighted by atomic mass is 10.1. The van der Waals surface area contributed by atoms with Gasteiger partial charge < -0.3 is 15.8 Å². The monoisotopic (exact) mass is 467 g/mol. The number of rotatable bonds is 5. The zero-order chi connectivity index (χ0) is 23.4. The van der Waals surface area contributed by atoms with Gasteiger partial charge in [0.25, 0.3) is 11.8 Å². The molecule has 3 aromatic heterocycles. The van der Waals surface area contributed by atoms with Crippen LogP contribution < -0.4 is 11.1 Å². The number of hydrogen-bond acceptors (Lipinski definition) is 7. The molecule has 0 aromatic carbocycles. The number of halogens is 3. The molecular weight excluding hydrogens is 451 g/mol. The molecule has 3 N–H and O–H groups in total. The second kappa shape index (κ2) is 7.58. The summed E-state index contributed by atoms with van der Waals surface area (Å²) in [5.74, 6) is -2.57. The van der Waals surface area contributed by atoms with Gasteiger partial charge in [0.1, 0.15) is 16.3 Å². The fourth-order valence-corrected chi connectivity index (χ4v) is 4.33. The molecule has 1 saturated carbocycles. The number of methoxy groups -OCH3 is 1. The summed E-state index contributed by atoms with van der Waals surface area (Å²) in [6.07, 6.45) is -2.31. The number of thiophene rings is 1. The Morgan fingerprint density at radius 3 is 2.56 bits per heavy atom. The van der Waals surface area contributed by atoms with E-state index in [2.05, 4.69) is 15.4 Å². The predicted octanol–water partition coefficient (Wildman–Crippen LogP) is 3.13. The van der Waals surface area contributed by atoms with E-state index in [9.17, 15) is 27.6 Å². The topological polar surface area (TPSA) is 129 Å². The Morgan fingerprint density at radius 1 is 1.31 bits per heavy atom. The number of anilines is 1. The quantitative estimate of drug-likeness (QED) is 0.555. The zero-order valence-corrected chi connectivity index (χ0v) is 17.6. The van der Waals surface area contributed by atoms with E-state index in [0.29, 0.717) is 17.4 Å². The van der Waals surface area contributed by atoms with E-state index in [-0.39, 0.29) is 43.8 Å². The highest BCUT2D eigenvalue weighted by molar-refractivity contribution is 7.18. The molecule has 168 valence electrons. The van der Waals surface area contributed by atoms with Crippen LogP contribution in [0.15, 0.2) is 12.3 Å². The minimum absolute atomic E-state index is 0.0260. The lowest BCUT2D eigenvalue weighted by molar-refractivity contribution is -0.142. The Labute approximate surface area is 182 Å². The molecule has 4 rings (SSSR count). The van der Waals surface area contributed by atoms with E-state index in [4.69, 9.17) is 10.5 Å². The summed E-state index contributed by atoms with van der Waals surface area (Å²) in [7, 11) is 1.13. The number of carbonyl (C=O) groups is 3. The van der Waals surface area contributed by atoms with E-state index >= 15 is 0 Å². The highest BCUT2D eigenvalue weighted by Crippen LogP contribution is 2.41. The van der Waals surface area contributed by atoms with Gasteiger partial charge in [-0.1, -0.05) is 0 Å². The van der Waals surface area contributed by atoms with Crippen molar-refractivity contribution in [1.82, 2.24) is 14.6 Å². The van der Waals surface area contributed by atoms with Crippen LogP contribution in [0.2, 0.25) is 0 Å². The molecule has 13 heteroatoms. The lowest BCUT2D eigenvalue weighted by Crippen LogP contribution is -2.17. The third-order valence-electron chi connectivity index (χ3n) is 5.01. The molecule has 2 amide bonds. The van der Waals surface area contributed by atoms with E-state index in [1.165, 1.54) is 6.92 Å². The first-order valence-electron chi connectivity index (χ1n) is 9.31. The van der Waals surface area contributed by atoms with Crippen molar-refractivity contribution in [2.45, 2.75) is 31.9 Å². The smallest absolute Gasteiger partial charge is 0.433 e. The van der Waals surface area contributed by atoms with Gasteiger partial charge in [-0.05, 0) is 31.4 Å². The zero-order valence-electron chi connectivity index (χ0n) is 16.7.